The Hall–Kier alpha value is -1.94. The number of hydrogen-bond acceptors (Lipinski definition) is 3. The normalized spacial score (nSPS) is 10.4. The SMILES string of the molecule is Cc1cccc(OCCSCC(=O)Nc2ccc(C)c(C)c2)c1. The first-order valence-electron chi connectivity index (χ1n) is 7.69. The van der Waals surface area contributed by atoms with Gasteiger partial charge in [0.15, 0.2) is 0 Å². The van der Waals surface area contributed by atoms with Crippen molar-refractivity contribution in [2.75, 3.05) is 23.4 Å². The third-order valence-corrected chi connectivity index (χ3v) is 4.43. The highest BCUT2D eigenvalue weighted by Crippen LogP contribution is 2.15. The lowest BCUT2D eigenvalue weighted by molar-refractivity contribution is -0.113. The van der Waals surface area contributed by atoms with E-state index in [9.17, 15) is 4.79 Å². The number of carbonyl (C=O) groups is 1. The summed E-state index contributed by atoms with van der Waals surface area (Å²) in [7, 11) is 0. The molecule has 0 heterocycles. The monoisotopic (exact) mass is 329 g/mol. The predicted octanol–water partition coefficient (Wildman–Crippen LogP) is 4.36. The molecule has 0 atom stereocenters. The summed E-state index contributed by atoms with van der Waals surface area (Å²) in [5, 5.41) is 2.93. The van der Waals surface area contributed by atoms with Crippen LogP contribution in [0.15, 0.2) is 42.5 Å². The van der Waals surface area contributed by atoms with E-state index in [-0.39, 0.29) is 5.91 Å². The van der Waals surface area contributed by atoms with Crippen LogP contribution >= 0.6 is 11.8 Å². The zero-order valence-corrected chi connectivity index (χ0v) is 14.7. The molecule has 0 aliphatic carbocycles. The maximum Gasteiger partial charge on any atom is 0.234 e. The number of nitrogens with one attached hydrogen (secondary N) is 1. The molecule has 0 aliphatic heterocycles. The first kappa shape index (κ1) is 17.4. The molecule has 0 aromatic heterocycles. The fraction of sp³-hybridized carbons (Fsp3) is 0.316. The maximum absolute atomic E-state index is 11.9. The summed E-state index contributed by atoms with van der Waals surface area (Å²) in [5.74, 6) is 2.12. The van der Waals surface area contributed by atoms with Crippen molar-refractivity contribution in [3.05, 3.63) is 59.2 Å². The molecule has 0 saturated heterocycles. The molecule has 0 bridgehead atoms. The smallest absolute Gasteiger partial charge is 0.234 e. The molecule has 1 amide bonds. The van der Waals surface area contributed by atoms with Gasteiger partial charge in [0, 0.05) is 11.4 Å². The molecule has 122 valence electrons. The van der Waals surface area contributed by atoms with Crippen molar-refractivity contribution in [3.63, 3.8) is 0 Å². The van der Waals surface area contributed by atoms with Gasteiger partial charge in [-0.2, -0.15) is 0 Å². The molecule has 2 aromatic rings. The summed E-state index contributed by atoms with van der Waals surface area (Å²) in [6.45, 7) is 6.75. The second-order valence-corrected chi connectivity index (χ2v) is 6.67. The number of benzene rings is 2. The van der Waals surface area contributed by atoms with E-state index in [1.54, 1.807) is 11.8 Å². The molecule has 3 nitrogen and oxygen atoms in total. The van der Waals surface area contributed by atoms with E-state index in [0.29, 0.717) is 12.4 Å². The van der Waals surface area contributed by atoms with Gasteiger partial charge in [-0.05, 0) is 61.7 Å². The molecule has 2 rings (SSSR count). The van der Waals surface area contributed by atoms with Crippen molar-refractivity contribution in [3.8, 4) is 5.75 Å². The minimum absolute atomic E-state index is 0.0220. The highest BCUT2D eigenvalue weighted by atomic mass is 32.2. The van der Waals surface area contributed by atoms with Crippen molar-refractivity contribution in [1.29, 1.82) is 0 Å². The Labute approximate surface area is 142 Å². The zero-order chi connectivity index (χ0) is 16.7. The van der Waals surface area contributed by atoms with Crippen molar-refractivity contribution in [2.45, 2.75) is 20.8 Å². The second-order valence-electron chi connectivity index (χ2n) is 5.56. The summed E-state index contributed by atoms with van der Waals surface area (Å²) < 4.78 is 5.66. The van der Waals surface area contributed by atoms with Crippen LogP contribution in [0.1, 0.15) is 16.7 Å². The largest absolute Gasteiger partial charge is 0.493 e. The fourth-order valence-electron chi connectivity index (χ4n) is 2.10. The number of carbonyl (C=O) groups excluding carboxylic acids is 1. The second kappa shape index (κ2) is 8.63. The van der Waals surface area contributed by atoms with Crippen LogP contribution in [0.25, 0.3) is 0 Å². The summed E-state index contributed by atoms with van der Waals surface area (Å²) >= 11 is 1.57. The van der Waals surface area contributed by atoms with Gasteiger partial charge in [-0.15, -0.1) is 11.8 Å². The summed E-state index contributed by atoms with van der Waals surface area (Å²) in [4.78, 5) is 11.9. The van der Waals surface area contributed by atoms with Crippen LogP contribution in [0, 0.1) is 20.8 Å². The van der Waals surface area contributed by atoms with Crippen LogP contribution in [0.4, 0.5) is 5.69 Å². The molecule has 4 heteroatoms. The van der Waals surface area contributed by atoms with Crippen LogP contribution < -0.4 is 10.1 Å². The lowest BCUT2D eigenvalue weighted by atomic mass is 10.1. The van der Waals surface area contributed by atoms with Gasteiger partial charge in [-0.1, -0.05) is 18.2 Å². The van der Waals surface area contributed by atoms with Gasteiger partial charge in [0.1, 0.15) is 5.75 Å². The Morgan fingerprint density at radius 1 is 1.09 bits per heavy atom. The number of ether oxygens (including phenoxy) is 1. The van der Waals surface area contributed by atoms with E-state index in [2.05, 4.69) is 12.2 Å². The highest BCUT2D eigenvalue weighted by Gasteiger charge is 2.04. The van der Waals surface area contributed by atoms with Crippen molar-refractivity contribution in [2.24, 2.45) is 0 Å². The Bertz CT molecular complexity index is 670. The number of thioether (sulfide) groups is 1. The molecule has 23 heavy (non-hydrogen) atoms. The van der Waals surface area contributed by atoms with Crippen molar-refractivity contribution in [1.82, 2.24) is 0 Å². The van der Waals surface area contributed by atoms with Crippen LogP contribution in [0.3, 0.4) is 0 Å². The van der Waals surface area contributed by atoms with Crippen LogP contribution in [0.2, 0.25) is 0 Å². The fourth-order valence-corrected chi connectivity index (χ4v) is 2.71. The van der Waals surface area contributed by atoms with Gasteiger partial charge in [0.2, 0.25) is 5.91 Å². The standard InChI is InChI=1S/C19H23NO2S/c1-14-5-4-6-18(11-14)22-9-10-23-13-19(21)20-17-8-7-15(2)16(3)12-17/h4-8,11-12H,9-10,13H2,1-3H3,(H,20,21). The predicted molar refractivity (Wildman–Crippen MR) is 98.5 cm³/mol. The summed E-state index contributed by atoms with van der Waals surface area (Å²) in [5.41, 5.74) is 4.45. The molecule has 0 saturated carbocycles. The lowest BCUT2D eigenvalue weighted by Crippen LogP contribution is -2.15. The first-order valence-corrected chi connectivity index (χ1v) is 8.84. The number of rotatable bonds is 7. The van der Waals surface area contributed by atoms with Gasteiger partial charge in [0.05, 0.1) is 12.4 Å². The van der Waals surface area contributed by atoms with E-state index in [0.717, 1.165) is 17.2 Å². The summed E-state index contributed by atoms with van der Waals surface area (Å²) in [6.07, 6.45) is 0. The van der Waals surface area contributed by atoms with Crippen molar-refractivity contribution < 1.29 is 9.53 Å². The molecule has 0 radical (unpaired) electrons. The third kappa shape index (κ3) is 5.99. The Morgan fingerprint density at radius 2 is 1.91 bits per heavy atom. The Balaban J connectivity index is 1.65. The summed E-state index contributed by atoms with van der Waals surface area (Å²) in [6, 6.07) is 13.9. The average Bonchev–Trinajstić information content (AvgIpc) is 2.51. The van der Waals surface area contributed by atoms with E-state index in [1.165, 1.54) is 16.7 Å². The van der Waals surface area contributed by atoms with Gasteiger partial charge in [-0.25, -0.2) is 0 Å². The molecule has 0 spiro atoms. The number of amides is 1. The molecule has 0 unspecified atom stereocenters. The molecular formula is C19H23NO2S. The van der Waals surface area contributed by atoms with Crippen LogP contribution in [-0.4, -0.2) is 24.0 Å². The van der Waals surface area contributed by atoms with E-state index in [4.69, 9.17) is 4.74 Å². The topological polar surface area (TPSA) is 38.3 Å². The minimum atomic E-state index is 0.0220. The van der Waals surface area contributed by atoms with Gasteiger partial charge < -0.3 is 10.1 Å². The molecule has 0 aliphatic rings. The molecule has 2 aromatic carbocycles. The first-order chi connectivity index (χ1) is 11.0. The number of aryl methyl sites for hydroxylation is 3. The van der Waals surface area contributed by atoms with Gasteiger partial charge in [-0.3, -0.25) is 4.79 Å². The highest BCUT2D eigenvalue weighted by molar-refractivity contribution is 7.99. The molecule has 0 fully saturated rings. The zero-order valence-electron chi connectivity index (χ0n) is 13.9. The van der Waals surface area contributed by atoms with Crippen LogP contribution in [-0.2, 0) is 4.79 Å². The van der Waals surface area contributed by atoms with Gasteiger partial charge in [0.25, 0.3) is 0 Å². The van der Waals surface area contributed by atoms with E-state index < -0.39 is 0 Å². The minimum Gasteiger partial charge on any atom is -0.493 e. The molecular weight excluding hydrogens is 306 g/mol. The molecule has 1 N–H and O–H groups in total. The number of hydrogen-bond donors (Lipinski definition) is 1. The Morgan fingerprint density at radius 3 is 2.65 bits per heavy atom. The number of anilines is 1. The van der Waals surface area contributed by atoms with Gasteiger partial charge >= 0.3 is 0 Å². The lowest BCUT2D eigenvalue weighted by Gasteiger charge is -2.08. The average molecular weight is 329 g/mol. The maximum atomic E-state index is 11.9. The van der Waals surface area contributed by atoms with E-state index in [1.807, 2.05) is 56.3 Å². The van der Waals surface area contributed by atoms with E-state index >= 15 is 0 Å². The quantitative estimate of drug-likeness (QED) is 0.767. The van der Waals surface area contributed by atoms with Crippen molar-refractivity contribution >= 4 is 23.4 Å². The third-order valence-electron chi connectivity index (χ3n) is 3.51. The van der Waals surface area contributed by atoms with Crippen LogP contribution in [0.5, 0.6) is 5.75 Å². The Kier molecular flexibility index (Phi) is 6.53.